The first-order valence-corrected chi connectivity index (χ1v) is 8.40. The molecule has 5 rings (SSSR count). The van der Waals surface area contributed by atoms with E-state index in [-0.39, 0.29) is 20.1 Å². The zero-order valence-corrected chi connectivity index (χ0v) is 16.8. The summed E-state index contributed by atoms with van der Waals surface area (Å²) in [5.41, 5.74) is 1.20. The van der Waals surface area contributed by atoms with Crippen molar-refractivity contribution >= 4 is 32.3 Å². The maximum Gasteiger partial charge on any atom is 0.0346 e. The second-order valence-electron chi connectivity index (χ2n) is 6.09. The van der Waals surface area contributed by atoms with Gasteiger partial charge in [-0.2, -0.15) is 35.9 Å². The van der Waals surface area contributed by atoms with Gasteiger partial charge in [0.05, 0.1) is 0 Å². The van der Waals surface area contributed by atoms with Crippen molar-refractivity contribution in [3.05, 3.63) is 103 Å². The molecule has 1 nitrogen and oxygen atoms in total. The Balaban J connectivity index is 0.000000210. The van der Waals surface area contributed by atoms with Crippen molar-refractivity contribution in [1.82, 2.24) is 4.98 Å². The predicted molar refractivity (Wildman–Crippen MR) is 107 cm³/mol. The number of nitrogens with zero attached hydrogens (tertiary/aromatic N) is 1. The molecule has 0 amide bonds. The van der Waals surface area contributed by atoms with Gasteiger partial charge in [0, 0.05) is 37.9 Å². The van der Waals surface area contributed by atoms with E-state index in [0.29, 0.717) is 0 Å². The quantitative estimate of drug-likeness (QED) is 0.174. The zero-order valence-electron chi connectivity index (χ0n) is 14.4. The molecule has 0 saturated heterocycles. The van der Waals surface area contributed by atoms with E-state index in [1.807, 2.05) is 43.6 Å². The minimum atomic E-state index is 0. The number of hydrogen-bond donors (Lipinski definition) is 0. The number of fused-ring (bicyclic) bond motifs is 5. The van der Waals surface area contributed by atoms with Crippen LogP contribution in [-0.2, 0) is 20.1 Å². The Morgan fingerprint density at radius 2 is 1.35 bits per heavy atom. The second-order valence-corrected chi connectivity index (χ2v) is 6.09. The van der Waals surface area contributed by atoms with Gasteiger partial charge in [-0.25, -0.2) is 0 Å². The molecule has 0 bridgehead atoms. The molecule has 0 aliphatic heterocycles. The van der Waals surface area contributed by atoms with E-state index < -0.39 is 0 Å². The molecule has 1 aromatic heterocycles. The molecular formula is C24H18IrN-. The van der Waals surface area contributed by atoms with E-state index >= 15 is 0 Å². The van der Waals surface area contributed by atoms with Gasteiger partial charge in [0.25, 0.3) is 0 Å². The Hall–Kier alpha value is -2.54. The smallest absolute Gasteiger partial charge is 0.0346 e. The molecule has 4 aromatic carbocycles. The largest absolute Gasteiger partial charge is 0.264 e. The van der Waals surface area contributed by atoms with Crippen LogP contribution in [0.4, 0.5) is 0 Å². The van der Waals surface area contributed by atoms with E-state index in [2.05, 4.69) is 65.6 Å². The Morgan fingerprint density at radius 1 is 0.654 bits per heavy atom. The van der Waals surface area contributed by atoms with Gasteiger partial charge in [0.15, 0.2) is 0 Å². The van der Waals surface area contributed by atoms with Crippen molar-refractivity contribution in [2.45, 2.75) is 6.92 Å². The minimum Gasteiger partial charge on any atom is -0.264 e. The average Bonchev–Trinajstić information content (AvgIpc) is 2.68. The van der Waals surface area contributed by atoms with Crippen molar-refractivity contribution in [1.29, 1.82) is 0 Å². The van der Waals surface area contributed by atoms with Gasteiger partial charge in [-0.15, -0.1) is 0 Å². The topological polar surface area (TPSA) is 12.9 Å². The molecule has 0 unspecified atom stereocenters. The molecule has 26 heavy (non-hydrogen) atoms. The Morgan fingerprint density at radius 3 is 2.04 bits per heavy atom. The van der Waals surface area contributed by atoms with Gasteiger partial charge in [0.2, 0.25) is 0 Å². The van der Waals surface area contributed by atoms with Gasteiger partial charge in [-0.05, 0) is 33.0 Å². The summed E-state index contributed by atoms with van der Waals surface area (Å²) < 4.78 is 0. The molecule has 2 heteroatoms. The summed E-state index contributed by atoms with van der Waals surface area (Å²) in [5, 5.41) is 7.68. The Labute approximate surface area is 167 Å². The summed E-state index contributed by atoms with van der Waals surface area (Å²) in [6, 6.07) is 30.3. The molecule has 0 aliphatic rings. The van der Waals surface area contributed by atoms with Crippen LogP contribution in [-0.4, -0.2) is 4.98 Å². The van der Waals surface area contributed by atoms with E-state index in [0.717, 1.165) is 0 Å². The van der Waals surface area contributed by atoms with Crippen LogP contribution in [0.1, 0.15) is 5.56 Å². The number of rotatable bonds is 0. The van der Waals surface area contributed by atoms with Crippen molar-refractivity contribution in [2.24, 2.45) is 0 Å². The fourth-order valence-corrected chi connectivity index (χ4v) is 3.15. The van der Waals surface area contributed by atoms with E-state index in [9.17, 15) is 0 Å². The van der Waals surface area contributed by atoms with Gasteiger partial charge >= 0.3 is 0 Å². The molecule has 0 saturated carbocycles. The fraction of sp³-hybridized carbons (Fsp3) is 0.0417. The third-order valence-electron chi connectivity index (χ3n) is 4.41. The van der Waals surface area contributed by atoms with Crippen LogP contribution < -0.4 is 0 Å². The average molecular weight is 513 g/mol. The maximum absolute atomic E-state index is 4.18. The summed E-state index contributed by atoms with van der Waals surface area (Å²) in [5.74, 6) is 0. The summed E-state index contributed by atoms with van der Waals surface area (Å²) >= 11 is 0. The van der Waals surface area contributed by atoms with E-state index in [1.54, 1.807) is 0 Å². The predicted octanol–water partition coefficient (Wildman–Crippen LogP) is 6.33. The molecule has 0 atom stereocenters. The van der Waals surface area contributed by atoms with Crippen LogP contribution in [0.2, 0.25) is 0 Å². The zero-order chi connectivity index (χ0) is 17.1. The van der Waals surface area contributed by atoms with Gasteiger partial charge < -0.3 is 0 Å². The molecular weight excluding hydrogens is 494 g/mol. The van der Waals surface area contributed by atoms with Gasteiger partial charge in [-0.1, -0.05) is 55.5 Å². The molecule has 0 aliphatic carbocycles. The van der Waals surface area contributed by atoms with E-state index in [1.165, 1.54) is 37.9 Å². The normalized spacial score (nSPS) is 10.2. The summed E-state index contributed by atoms with van der Waals surface area (Å²) in [4.78, 5) is 4.18. The Kier molecular flexibility index (Phi) is 5.78. The third kappa shape index (κ3) is 3.67. The first kappa shape index (κ1) is 18.3. The molecule has 1 heterocycles. The summed E-state index contributed by atoms with van der Waals surface area (Å²) in [6.07, 6.45) is 3.78. The van der Waals surface area contributed by atoms with Crippen LogP contribution in [0.5, 0.6) is 0 Å². The first-order valence-electron chi connectivity index (χ1n) is 8.40. The number of aromatic nitrogens is 1. The van der Waals surface area contributed by atoms with Crippen molar-refractivity contribution in [3.63, 3.8) is 0 Å². The molecule has 0 N–H and O–H groups in total. The standard InChI is InChI=1S/C17H11N.C7H7.Ir/c1-2-4-14-12(3-1)5-7-17-15-9-10-18-11-13(15)6-8-16(14)17;1-7-5-3-2-4-6-7;/h1-11H;2-5H,1H3;/q;-1;. The van der Waals surface area contributed by atoms with Crippen LogP contribution in [0.25, 0.3) is 32.3 Å². The molecule has 0 spiro atoms. The number of hydrogen-bond acceptors (Lipinski definition) is 1. The molecule has 1 radical (unpaired) electrons. The van der Waals surface area contributed by atoms with Crippen LogP contribution in [0, 0.1) is 13.0 Å². The van der Waals surface area contributed by atoms with Gasteiger partial charge in [0.1, 0.15) is 0 Å². The summed E-state index contributed by atoms with van der Waals surface area (Å²) in [7, 11) is 0. The fourth-order valence-electron chi connectivity index (χ4n) is 3.15. The Bertz CT molecular complexity index is 1070. The van der Waals surface area contributed by atoms with Crippen molar-refractivity contribution in [2.75, 3.05) is 0 Å². The van der Waals surface area contributed by atoms with Crippen molar-refractivity contribution in [3.8, 4) is 0 Å². The van der Waals surface area contributed by atoms with Crippen LogP contribution in [0.3, 0.4) is 0 Å². The second kappa shape index (κ2) is 8.23. The molecule has 129 valence electrons. The number of benzene rings is 4. The SMILES string of the molecule is Cc1[c-]cccc1.[Ir].c1ccc2c(c1)ccc1c3ccncc3ccc21. The molecule has 0 fully saturated rings. The minimum absolute atomic E-state index is 0. The molecule has 5 aromatic rings. The third-order valence-corrected chi connectivity index (χ3v) is 4.41. The van der Waals surface area contributed by atoms with Gasteiger partial charge in [-0.3, -0.25) is 4.98 Å². The number of pyridine rings is 1. The van der Waals surface area contributed by atoms with Crippen LogP contribution >= 0.6 is 0 Å². The maximum atomic E-state index is 4.18. The first-order chi connectivity index (χ1) is 12.3. The summed E-state index contributed by atoms with van der Waals surface area (Å²) in [6.45, 7) is 2.03. The van der Waals surface area contributed by atoms with Crippen molar-refractivity contribution < 1.29 is 20.1 Å². The van der Waals surface area contributed by atoms with Crippen LogP contribution in [0.15, 0.2) is 91.3 Å². The monoisotopic (exact) mass is 513 g/mol. The number of aryl methyl sites for hydroxylation is 1. The van der Waals surface area contributed by atoms with E-state index in [4.69, 9.17) is 0 Å².